The normalized spacial score (nSPS) is 11.7. The van der Waals surface area contributed by atoms with Gasteiger partial charge in [-0.15, -0.1) is 0 Å². The first-order valence-electron chi connectivity index (χ1n) is 11.0. The van der Waals surface area contributed by atoms with Crippen LogP contribution in [0.4, 0.5) is 11.4 Å². The molecular formula is C24H33N3O6S. The molecule has 0 heterocycles. The lowest BCUT2D eigenvalue weighted by molar-refractivity contribution is -0.384. The van der Waals surface area contributed by atoms with Gasteiger partial charge in [-0.25, -0.2) is 8.42 Å². The zero-order chi connectivity index (χ0) is 25.5. The van der Waals surface area contributed by atoms with E-state index >= 15 is 0 Å². The third-order valence-electron chi connectivity index (χ3n) is 5.25. The van der Waals surface area contributed by atoms with Gasteiger partial charge < -0.3 is 10.1 Å². The smallest absolute Gasteiger partial charge is 0.271 e. The first kappa shape index (κ1) is 27.1. The van der Waals surface area contributed by atoms with Gasteiger partial charge >= 0.3 is 0 Å². The Morgan fingerprint density at radius 1 is 1.15 bits per heavy atom. The lowest BCUT2D eigenvalue weighted by atomic mass is 9.87. The number of benzene rings is 2. The maximum Gasteiger partial charge on any atom is 0.271 e. The van der Waals surface area contributed by atoms with Gasteiger partial charge in [-0.3, -0.25) is 19.2 Å². The average Bonchev–Trinajstić information content (AvgIpc) is 2.73. The molecule has 0 fully saturated rings. The highest BCUT2D eigenvalue weighted by Crippen LogP contribution is 2.28. The van der Waals surface area contributed by atoms with Crippen molar-refractivity contribution in [3.05, 3.63) is 63.7 Å². The van der Waals surface area contributed by atoms with Crippen molar-refractivity contribution in [2.75, 3.05) is 30.3 Å². The summed E-state index contributed by atoms with van der Waals surface area (Å²) in [7, 11) is -3.69. The maximum absolute atomic E-state index is 12.3. The van der Waals surface area contributed by atoms with Crippen LogP contribution >= 0.6 is 0 Å². The van der Waals surface area contributed by atoms with Crippen LogP contribution in [-0.4, -0.2) is 45.2 Å². The molecule has 1 amide bonds. The molecule has 0 aliphatic heterocycles. The van der Waals surface area contributed by atoms with E-state index in [0.29, 0.717) is 18.7 Å². The molecule has 0 radical (unpaired) electrons. The molecule has 0 aromatic heterocycles. The topological polar surface area (TPSA) is 119 Å². The summed E-state index contributed by atoms with van der Waals surface area (Å²) in [5.74, 6) is 0.495. The third kappa shape index (κ3) is 8.02. The summed E-state index contributed by atoms with van der Waals surface area (Å²) in [5.41, 5.74) is 1.90. The number of carbonyl (C=O) groups excluding carboxylic acids is 1. The Bertz CT molecular complexity index is 1110. The number of sulfonamides is 1. The summed E-state index contributed by atoms with van der Waals surface area (Å²) < 4.78 is 31.4. The number of hydrogen-bond donors (Lipinski definition) is 1. The predicted octanol–water partition coefficient (Wildman–Crippen LogP) is 3.94. The molecule has 34 heavy (non-hydrogen) atoms. The second kappa shape index (κ2) is 11.3. The zero-order valence-electron chi connectivity index (χ0n) is 20.3. The van der Waals surface area contributed by atoms with Crippen LogP contribution in [0.25, 0.3) is 0 Å². The Morgan fingerprint density at radius 2 is 1.79 bits per heavy atom. The van der Waals surface area contributed by atoms with Crippen molar-refractivity contribution in [1.82, 2.24) is 5.32 Å². The van der Waals surface area contributed by atoms with Crippen LogP contribution in [-0.2, 0) is 20.2 Å². The molecule has 186 valence electrons. The van der Waals surface area contributed by atoms with Crippen molar-refractivity contribution < 1.29 is 22.9 Å². The molecule has 1 N–H and O–H groups in total. The van der Waals surface area contributed by atoms with Gasteiger partial charge in [0.25, 0.3) is 5.69 Å². The molecule has 10 heteroatoms. The number of carbonyl (C=O) groups is 1. The van der Waals surface area contributed by atoms with Crippen molar-refractivity contribution >= 4 is 27.3 Å². The molecule has 0 spiro atoms. The molecule has 0 aliphatic rings. The zero-order valence-corrected chi connectivity index (χ0v) is 21.1. The van der Waals surface area contributed by atoms with E-state index in [9.17, 15) is 23.3 Å². The molecule has 0 atom stereocenters. The molecule has 2 aromatic carbocycles. The molecule has 2 aromatic rings. The lowest BCUT2D eigenvalue weighted by Gasteiger charge is -2.24. The number of anilines is 1. The number of nitro groups is 1. The SMILES string of the molecule is Cc1ccc([N+](=O)[O-])cc1N(CCCC(=O)NCCOc1ccc(C(C)(C)C)cc1)S(C)(=O)=O. The van der Waals surface area contributed by atoms with Crippen molar-refractivity contribution in [2.24, 2.45) is 0 Å². The van der Waals surface area contributed by atoms with E-state index in [2.05, 4.69) is 26.1 Å². The number of ether oxygens (including phenoxy) is 1. The quantitative estimate of drug-likeness (QED) is 0.289. The Morgan fingerprint density at radius 3 is 2.35 bits per heavy atom. The van der Waals surface area contributed by atoms with Crippen molar-refractivity contribution in [3.8, 4) is 5.75 Å². The molecule has 0 unspecified atom stereocenters. The Hall–Kier alpha value is -3.14. The number of nitrogens with one attached hydrogen (secondary N) is 1. The van der Waals surface area contributed by atoms with Crippen LogP contribution in [0.3, 0.4) is 0 Å². The van der Waals surface area contributed by atoms with E-state index < -0.39 is 14.9 Å². The van der Waals surface area contributed by atoms with Gasteiger partial charge in [0.2, 0.25) is 15.9 Å². The van der Waals surface area contributed by atoms with Gasteiger partial charge in [0.05, 0.1) is 23.4 Å². The minimum Gasteiger partial charge on any atom is -0.492 e. The fourth-order valence-electron chi connectivity index (χ4n) is 3.33. The van der Waals surface area contributed by atoms with Crippen LogP contribution in [0.2, 0.25) is 0 Å². The summed E-state index contributed by atoms with van der Waals surface area (Å²) in [6, 6.07) is 11.9. The number of nitro benzene ring substituents is 1. The van der Waals surface area contributed by atoms with Crippen LogP contribution < -0.4 is 14.4 Å². The highest BCUT2D eigenvalue weighted by atomic mass is 32.2. The van der Waals surface area contributed by atoms with E-state index in [1.54, 1.807) is 6.92 Å². The Balaban J connectivity index is 1.83. The summed E-state index contributed by atoms with van der Waals surface area (Å²) >= 11 is 0. The largest absolute Gasteiger partial charge is 0.492 e. The number of non-ortho nitro benzene ring substituents is 1. The molecule has 0 saturated carbocycles. The minimum absolute atomic E-state index is 0.0326. The van der Waals surface area contributed by atoms with Crippen molar-refractivity contribution in [1.29, 1.82) is 0 Å². The highest BCUT2D eigenvalue weighted by Gasteiger charge is 2.22. The summed E-state index contributed by atoms with van der Waals surface area (Å²) in [5, 5.41) is 13.8. The van der Waals surface area contributed by atoms with Gasteiger partial charge in [0.15, 0.2) is 0 Å². The van der Waals surface area contributed by atoms with Gasteiger partial charge in [0, 0.05) is 25.1 Å². The summed E-state index contributed by atoms with van der Waals surface area (Å²) in [4.78, 5) is 22.7. The fourth-order valence-corrected chi connectivity index (χ4v) is 4.34. The molecule has 9 nitrogen and oxygen atoms in total. The van der Waals surface area contributed by atoms with Crippen LogP contribution in [0.15, 0.2) is 42.5 Å². The maximum atomic E-state index is 12.3. The first-order chi connectivity index (χ1) is 15.8. The van der Waals surface area contributed by atoms with E-state index in [0.717, 1.165) is 16.3 Å². The van der Waals surface area contributed by atoms with Gasteiger partial charge in [-0.05, 0) is 42.0 Å². The van der Waals surface area contributed by atoms with Crippen molar-refractivity contribution in [3.63, 3.8) is 0 Å². The summed E-state index contributed by atoms with van der Waals surface area (Å²) in [6.07, 6.45) is 1.41. The van der Waals surface area contributed by atoms with Gasteiger partial charge in [-0.1, -0.05) is 39.0 Å². The predicted molar refractivity (Wildman–Crippen MR) is 133 cm³/mol. The fraction of sp³-hybridized carbons (Fsp3) is 0.458. The number of amides is 1. The van der Waals surface area contributed by atoms with E-state index in [4.69, 9.17) is 4.74 Å². The van der Waals surface area contributed by atoms with E-state index in [-0.39, 0.29) is 42.1 Å². The molecular weight excluding hydrogens is 458 g/mol. The number of hydrogen-bond acceptors (Lipinski definition) is 6. The third-order valence-corrected chi connectivity index (χ3v) is 6.43. The van der Waals surface area contributed by atoms with Crippen LogP contribution in [0.5, 0.6) is 5.75 Å². The molecule has 0 aliphatic carbocycles. The average molecular weight is 492 g/mol. The Labute approximate surface area is 201 Å². The number of rotatable bonds is 11. The molecule has 2 rings (SSSR count). The van der Waals surface area contributed by atoms with Gasteiger partial charge in [0.1, 0.15) is 12.4 Å². The highest BCUT2D eigenvalue weighted by molar-refractivity contribution is 7.92. The number of aryl methyl sites for hydroxylation is 1. The summed E-state index contributed by atoms with van der Waals surface area (Å²) in [6.45, 7) is 8.75. The molecule has 0 bridgehead atoms. The molecule has 0 saturated heterocycles. The Kier molecular flexibility index (Phi) is 9.03. The van der Waals surface area contributed by atoms with Gasteiger partial charge in [-0.2, -0.15) is 0 Å². The second-order valence-electron chi connectivity index (χ2n) is 9.14. The van der Waals surface area contributed by atoms with E-state index in [1.807, 2.05) is 24.3 Å². The second-order valence-corrected chi connectivity index (χ2v) is 11.0. The minimum atomic E-state index is -3.69. The van der Waals surface area contributed by atoms with Crippen LogP contribution in [0, 0.1) is 17.0 Å². The van der Waals surface area contributed by atoms with Crippen LogP contribution in [0.1, 0.15) is 44.7 Å². The number of nitrogens with zero attached hydrogens (tertiary/aromatic N) is 2. The lowest BCUT2D eigenvalue weighted by Crippen LogP contribution is -2.33. The first-order valence-corrected chi connectivity index (χ1v) is 12.9. The standard InChI is InChI=1S/C24H33N3O6S/c1-18-8-11-20(27(29)30)17-22(18)26(34(5,31)32)15-6-7-23(28)25-14-16-33-21-12-9-19(10-13-21)24(2,3)4/h8-13,17H,6-7,14-16H2,1-5H3,(H,25,28). The monoisotopic (exact) mass is 491 g/mol. The van der Waals surface area contributed by atoms with E-state index in [1.165, 1.54) is 23.8 Å². The van der Waals surface area contributed by atoms with Crippen molar-refractivity contribution in [2.45, 2.75) is 46.0 Å².